The number of esters is 1. The molecule has 30 heavy (non-hydrogen) atoms. The van der Waals surface area contributed by atoms with Crippen molar-refractivity contribution in [3.05, 3.63) is 63.8 Å². The standard InChI is InChI=1S/C22H23NO6S/c1-12-10-16-18(13(2)22(8-9-22)21(3,26)19(16)24)17(12)11-29-20(25)14-4-6-15(7-5-14)30(23,27)28/h4-7,10,26H,8-9,11H2,1-3H3,(H2,23,27,28)/t21-/m0/s1. The molecule has 1 aromatic carbocycles. The maximum atomic E-state index is 12.9. The summed E-state index contributed by atoms with van der Waals surface area (Å²) < 4.78 is 28.1. The number of benzene rings is 1. The summed E-state index contributed by atoms with van der Waals surface area (Å²) in [6.45, 7) is 5.34. The van der Waals surface area contributed by atoms with Gasteiger partial charge in [0.15, 0.2) is 5.78 Å². The molecule has 0 aliphatic heterocycles. The Morgan fingerprint density at radius 3 is 2.33 bits per heavy atom. The molecular formula is C22H23NO6S. The average molecular weight is 429 g/mol. The van der Waals surface area contributed by atoms with Gasteiger partial charge >= 0.3 is 5.97 Å². The summed E-state index contributed by atoms with van der Waals surface area (Å²) in [5, 5.41) is 16.0. The number of primary sulfonamides is 1. The van der Waals surface area contributed by atoms with E-state index in [9.17, 15) is 23.1 Å². The number of rotatable bonds is 4. The zero-order chi connectivity index (χ0) is 22.1. The lowest BCUT2D eigenvalue weighted by Crippen LogP contribution is -2.49. The highest BCUT2D eigenvalue weighted by Crippen LogP contribution is 2.64. The molecule has 1 spiro atoms. The fourth-order valence-corrected chi connectivity index (χ4v) is 5.12. The third-order valence-electron chi connectivity index (χ3n) is 6.64. The molecule has 0 unspecified atom stereocenters. The number of hydrogen-bond donors (Lipinski definition) is 2. The number of ketones is 1. The first-order chi connectivity index (χ1) is 13.9. The van der Waals surface area contributed by atoms with Crippen molar-refractivity contribution in [3.8, 4) is 0 Å². The molecule has 4 rings (SSSR count). The highest BCUT2D eigenvalue weighted by Gasteiger charge is 2.65. The van der Waals surface area contributed by atoms with E-state index in [4.69, 9.17) is 9.88 Å². The Balaban J connectivity index is 1.57. The van der Waals surface area contributed by atoms with Gasteiger partial charge in [-0.1, -0.05) is 5.57 Å². The fourth-order valence-electron chi connectivity index (χ4n) is 4.60. The van der Waals surface area contributed by atoms with Crippen LogP contribution in [0.3, 0.4) is 0 Å². The van der Waals surface area contributed by atoms with Crippen LogP contribution in [0.5, 0.6) is 0 Å². The highest BCUT2D eigenvalue weighted by atomic mass is 32.2. The lowest BCUT2D eigenvalue weighted by molar-refractivity contribution is -0.137. The average Bonchev–Trinajstić information content (AvgIpc) is 3.43. The molecule has 1 aromatic rings. The molecule has 0 aromatic heterocycles. The van der Waals surface area contributed by atoms with E-state index in [1.165, 1.54) is 24.3 Å². The van der Waals surface area contributed by atoms with E-state index in [0.29, 0.717) is 5.57 Å². The Hall–Kier alpha value is -2.55. The summed E-state index contributed by atoms with van der Waals surface area (Å²) in [6, 6.07) is 5.17. The second-order valence-corrected chi connectivity index (χ2v) is 9.91. The lowest BCUT2D eigenvalue weighted by Gasteiger charge is -2.39. The first-order valence-electron chi connectivity index (χ1n) is 9.61. The number of sulfonamides is 1. The molecule has 1 fully saturated rings. The van der Waals surface area contributed by atoms with Gasteiger partial charge in [0, 0.05) is 16.6 Å². The van der Waals surface area contributed by atoms with E-state index < -0.39 is 27.0 Å². The molecule has 3 aliphatic rings. The number of fused-ring (bicyclic) bond motifs is 1. The van der Waals surface area contributed by atoms with Gasteiger partial charge in [0.05, 0.1) is 10.5 Å². The van der Waals surface area contributed by atoms with E-state index in [0.717, 1.165) is 35.1 Å². The number of ether oxygens (including phenoxy) is 1. The number of allylic oxidation sites excluding steroid dienone is 2. The van der Waals surface area contributed by atoms with Crippen molar-refractivity contribution in [2.75, 3.05) is 6.61 Å². The number of carbonyl (C=O) groups is 2. The van der Waals surface area contributed by atoms with Gasteiger partial charge in [-0.25, -0.2) is 18.4 Å². The van der Waals surface area contributed by atoms with Crippen molar-refractivity contribution in [3.63, 3.8) is 0 Å². The van der Waals surface area contributed by atoms with Gasteiger partial charge in [-0.2, -0.15) is 0 Å². The summed E-state index contributed by atoms with van der Waals surface area (Å²) in [6.07, 6.45) is 3.24. The molecule has 1 saturated carbocycles. The van der Waals surface area contributed by atoms with Gasteiger partial charge in [0.25, 0.3) is 0 Å². The first-order valence-corrected chi connectivity index (χ1v) is 11.2. The van der Waals surface area contributed by atoms with E-state index in [1.54, 1.807) is 13.0 Å². The van der Waals surface area contributed by atoms with Crippen LogP contribution >= 0.6 is 0 Å². The molecule has 3 aliphatic carbocycles. The Kier molecular flexibility index (Phi) is 4.47. The molecule has 7 nitrogen and oxygen atoms in total. The summed E-state index contributed by atoms with van der Waals surface area (Å²) in [4.78, 5) is 25.3. The minimum absolute atomic E-state index is 0.0280. The van der Waals surface area contributed by atoms with Crippen LogP contribution < -0.4 is 5.14 Å². The van der Waals surface area contributed by atoms with Gasteiger partial charge in [0.2, 0.25) is 10.0 Å². The second kappa shape index (κ2) is 6.47. The molecule has 1 atom stereocenters. The maximum Gasteiger partial charge on any atom is 0.338 e. The van der Waals surface area contributed by atoms with Gasteiger partial charge in [-0.15, -0.1) is 0 Å². The molecule has 0 radical (unpaired) electrons. The third kappa shape index (κ3) is 2.90. The zero-order valence-corrected chi connectivity index (χ0v) is 17.8. The summed E-state index contributed by atoms with van der Waals surface area (Å²) in [5.74, 6) is -0.905. The normalized spacial score (nSPS) is 24.8. The Morgan fingerprint density at radius 2 is 1.80 bits per heavy atom. The zero-order valence-electron chi connectivity index (χ0n) is 17.0. The van der Waals surface area contributed by atoms with Crippen molar-refractivity contribution < 1.29 is 27.9 Å². The predicted molar refractivity (Wildman–Crippen MR) is 109 cm³/mol. The second-order valence-electron chi connectivity index (χ2n) is 8.35. The van der Waals surface area contributed by atoms with Crippen molar-refractivity contribution in [1.29, 1.82) is 0 Å². The molecule has 0 saturated heterocycles. The van der Waals surface area contributed by atoms with Crippen molar-refractivity contribution >= 4 is 21.8 Å². The Bertz CT molecular complexity index is 1180. The first kappa shape index (κ1) is 20.7. The summed E-state index contributed by atoms with van der Waals surface area (Å²) in [7, 11) is -3.84. The van der Waals surface area contributed by atoms with E-state index in [1.807, 2.05) is 13.8 Å². The number of carbonyl (C=O) groups excluding carboxylic acids is 2. The smallest absolute Gasteiger partial charge is 0.338 e. The summed E-state index contributed by atoms with van der Waals surface area (Å²) >= 11 is 0. The number of nitrogens with two attached hydrogens (primary N) is 1. The van der Waals surface area contributed by atoms with Crippen molar-refractivity contribution in [1.82, 2.24) is 0 Å². The molecule has 158 valence electrons. The van der Waals surface area contributed by atoms with E-state index in [2.05, 4.69) is 0 Å². The predicted octanol–water partition coefficient (Wildman–Crippen LogP) is 2.18. The SMILES string of the molecule is CC1=C(COC(=O)c2ccc(S(N)(=O)=O)cc2)C2=C(C)C3(CC3)[C@@](C)(O)C(=O)C2=C1. The molecule has 0 amide bonds. The van der Waals surface area contributed by atoms with Gasteiger partial charge in [-0.05, 0) is 75.1 Å². The van der Waals surface area contributed by atoms with Crippen LogP contribution in [-0.2, 0) is 19.6 Å². The van der Waals surface area contributed by atoms with Crippen LogP contribution in [-0.4, -0.2) is 37.5 Å². The Morgan fingerprint density at radius 1 is 1.20 bits per heavy atom. The topological polar surface area (TPSA) is 124 Å². The molecular weight excluding hydrogens is 406 g/mol. The summed E-state index contributed by atoms with van der Waals surface area (Å²) in [5.41, 5.74) is 2.00. The lowest BCUT2D eigenvalue weighted by atomic mass is 9.67. The molecule has 0 heterocycles. The number of hydrogen-bond acceptors (Lipinski definition) is 6. The highest BCUT2D eigenvalue weighted by molar-refractivity contribution is 7.89. The van der Waals surface area contributed by atoms with E-state index >= 15 is 0 Å². The van der Waals surface area contributed by atoms with E-state index in [-0.39, 0.29) is 22.8 Å². The molecule has 0 bridgehead atoms. The molecule has 3 N–H and O–H groups in total. The minimum atomic E-state index is -3.84. The quantitative estimate of drug-likeness (QED) is 0.707. The van der Waals surface area contributed by atoms with Crippen molar-refractivity contribution in [2.24, 2.45) is 10.6 Å². The van der Waals surface area contributed by atoms with Crippen LogP contribution in [0.2, 0.25) is 0 Å². The third-order valence-corrected chi connectivity index (χ3v) is 7.56. The van der Waals surface area contributed by atoms with Crippen LogP contribution in [0.25, 0.3) is 0 Å². The van der Waals surface area contributed by atoms with Gasteiger partial charge < -0.3 is 9.84 Å². The maximum absolute atomic E-state index is 12.9. The van der Waals surface area contributed by atoms with Gasteiger partial charge in [-0.3, -0.25) is 4.79 Å². The van der Waals surface area contributed by atoms with Crippen LogP contribution in [0, 0.1) is 5.41 Å². The van der Waals surface area contributed by atoms with Crippen molar-refractivity contribution in [2.45, 2.75) is 44.1 Å². The van der Waals surface area contributed by atoms with Crippen LogP contribution in [0.15, 0.2) is 63.1 Å². The van der Waals surface area contributed by atoms with Crippen LogP contribution in [0.4, 0.5) is 0 Å². The molecule has 8 heteroatoms. The largest absolute Gasteiger partial charge is 0.457 e. The number of aliphatic hydroxyl groups is 1. The van der Waals surface area contributed by atoms with Gasteiger partial charge in [0.1, 0.15) is 12.2 Å². The Labute approximate surface area is 175 Å². The monoisotopic (exact) mass is 429 g/mol. The minimum Gasteiger partial charge on any atom is -0.457 e. The fraction of sp³-hybridized carbons (Fsp3) is 0.364. The van der Waals surface area contributed by atoms with Crippen LogP contribution in [0.1, 0.15) is 44.0 Å². The number of Topliss-reactive ketones (excluding diaryl/α,β-unsaturated/α-hetero) is 1.